The number of thioether (sulfide) groups is 1. The van der Waals surface area contributed by atoms with Crippen molar-refractivity contribution in [3.63, 3.8) is 0 Å². The maximum atomic E-state index is 12.8. The zero-order valence-electron chi connectivity index (χ0n) is 41.2. The molecule has 388 valence electrons. The minimum absolute atomic E-state index is 0.0382. The number of carboxylic acid groups (broad SMARTS) is 2. The number of nitrogens with two attached hydrogens (primary N) is 1. The van der Waals surface area contributed by atoms with E-state index in [-0.39, 0.29) is 49.3 Å². The fraction of sp³-hybridized carbons (Fsp3) is 0.837. The quantitative estimate of drug-likeness (QED) is 0.0176. The van der Waals surface area contributed by atoms with E-state index in [1.165, 1.54) is 134 Å². The van der Waals surface area contributed by atoms with Crippen LogP contribution in [-0.2, 0) is 47.8 Å². The zero-order chi connectivity index (χ0) is 49.8. The van der Waals surface area contributed by atoms with Gasteiger partial charge in [-0.2, -0.15) is 11.8 Å². The number of rotatable bonds is 47. The Balaban J connectivity index is 4.68. The molecule has 0 saturated heterocycles. The van der Waals surface area contributed by atoms with Crippen LogP contribution < -0.4 is 27.0 Å². The number of carboxylic acids is 2. The second-order valence-corrected chi connectivity index (χ2v) is 18.7. The molecule has 0 aromatic carbocycles. The van der Waals surface area contributed by atoms with E-state index in [1.807, 2.05) is 0 Å². The summed E-state index contributed by atoms with van der Waals surface area (Å²) in [4.78, 5) is 96.5. The summed E-state index contributed by atoms with van der Waals surface area (Å²) in [6, 6.07) is -1.46. The smallest absolute Gasteiger partial charge is 0.326 e. The molecule has 0 aliphatic rings. The number of amides is 4. The Hall–Kier alpha value is -3.93. The van der Waals surface area contributed by atoms with Crippen LogP contribution in [0.3, 0.4) is 0 Å². The normalized spacial score (nSPS) is 12.3. The highest BCUT2D eigenvalue weighted by molar-refractivity contribution is 7.99. The molecule has 3 atom stereocenters. The highest BCUT2D eigenvalue weighted by Crippen LogP contribution is 2.16. The van der Waals surface area contributed by atoms with Gasteiger partial charge in [-0.25, -0.2) is 4.79 Å². The van der Waals surface area contributed by atoms with Gasteiger partial charge in [-0.1, -0.05) is 168 Å². The van der Waals surface area contributed by atoms with Gasteiger partial charge in [0.25, 0.3) is 5.91 Å². The van der Waals surface area contributed by atoms with Crippen LogP contribution in [0.1, 0.15) is 213 Å². The van der Waals surface area contributed by atoms with Crippen LogP contribution in [0.2, 0.25) is 0 Å². The number of aliphatic carboxylic acids is 2. The summed E-state index contributed by atoms with van der Waals surface area (Å²) >= 11 is 1.32. The second kappa shape index (κ2) is 44.6. The summed E-state index contributed by atoms with van der Waals surface area (Å²) < 4.78 is 11.3. The topological polar surface area (TPSA) is 270 Å². The lowest BCUT2D eigenvalue weighted by Gasteiger charge is -2.18. The van der Waals surface area contributed by atoms with Crippen molar-refractivity contribution < 1.29 is 58.0 Å². The van der Waals surface area contributed by atoms with Crippen molar-refractivity contribution in [1.29, 1.82) is 0 Å². The Morgan fingerprint density at radius 1 is 0.522 bits per heavy atom. The lowest BCUT2D eigenvalue weighted by Crippen LogP contribution is -2.54. The number of hydrogen-bond donors (Lipinski definition) is 7. The molecule has 1 unspecified atom stereocenters. The van der Waals surface area contributed by atoms with Crippen LogP contribution in [0.15, 0.2) is 0 Å². The minimum Gasteiger partial charge on any atom is -0.481 e. The Morgan fingerprint density at radius 2 is 0.970 bits per heavy atom. The SMILES string of the molecule is CCCCCCCCCCCCCCCC(=O)OC[C@@H](CSCCC(=O)N[C@@H](N)C(=O)NCC(=O)NCC(=O)NC(CCC(=O)O)C(=O)O)OC(=O)CCCCCCCCCCCCCCC. The monoisotopic (exact) mass is 972 g/mol. The summed E-state index contributed by atoms with van der Waals surface area (Å²) in [5.74, 6) is -5.91. The summed E-state index contributed by atoms with van der Waals surface area (Å²) in [6.07, 6.45) is 28.7. The molecule has 0 aromatic heterocycles. The number of carbonyl (C=O) groups excluding carboxylic acids is 6. The van der Waals surface area contributed by atoms with Crippen molar-refractivity contribution >= 4 is 59.3 Å². The summed E-state index contributed by atoms with van der Waals surface area (Å²) in [5.41, 5.74) is 5.79. The predicted octanol–water partition coefficient (Wildman–Crippen LogP) is 7.59. The fourth-order valence-corrected chi connectivity index (χ4v) is 8.10. The number of esters is 2. The number of nitrogens with one attached hydrogen (secondary N) is 4. The fourth-order valence-electron chi connectivity index (χ4n) is 7.17. The molecule has 4 amide bonds. The first kappa shape index (κ1) is 63.1. The first-order valence-corrected chi connectivity index (χ1v) is 26.7. The van der Waals surface area contributed by atoms with Gasteiger partial charge in [-0.15, -0.1) is 0 Å². The molecule has 0 aliphatic heterocycles. The number of unbranched alkanes of at least 4 members (excludes halogenated alkanes) is 24. The molecule has 18 heteroatoms. The molecule has 0 spiro atoms. The van der Waals surface area contributed by atoms with Crippen molar-refractivity contribution in [2.24, 2.45) is 5.73 Å². The highest BCUT2D eigenvalue weighted by Gasteiger charge is 2.22. The van der Waals surface area contributed by atoms with Gasteiger partial charge in [-0.05, 0) is 19.3 Å². The standard InChI is InChI=1S/C49H89N5O12S/c1-3-5-7-9-11-13-15-17-19-21-23-25-27-29-45(60)65-37-39(66-46(61)30-28-26-24-22-20-18-16-14-12-10-8-6-4-2)38-67-34-33-41(55)54-47(50)48(62)52-35-42(56)51-36-43(57)53-40(49(63)64)31-32-44(58)59/h39-40,47H,3-38,50H2,1-2H3,(H,51,56)(H,52,62)(H,53,57)(H,54,55)(H,58,59)(H,63,64)/t39-,40?,47+/m0/s1. The third-order valence-corrected chi connectivity index (χ3v) is 12.3. The Kier molecular flexibility index (Phi) is 42.0. The van der Waals surface area contributed by atoms with E-state index in [9.17, 15) is 38.4 Å². The maximum Gasteiger partial charge on any atom is 0.326 e. The molecular weight excluding hydrogens is 883 g/mol. The van der Waals surface area contributed by atoms with E-state index >= 15 is 0 Å². The largest absolute Gasteiger partial charge is 0.481 e. The van der Waals surface area contributed by atoms with E-state index in [0.717, 1.165) is 44.9 Å². The number of ether oxygens (including phenoxy) is 2. The molecule has 0 fully saturated rings. The summed E-state index contributed by atoms with van der Waals surface area (Å²) in [7, 11) is 0. The Morgan fingerprint density at radius 3 is 1.43 bits per heavy atom. The van der Waals surface area contributed by atoms with Gasteiger partial charge < -0.3 is 46.7 Å². The summed E-state index contributed by atoms with van der Waals surface area (Å²) in [5, 5.41) is 26.8. The lowest BCUT2D eigenvalue weighted by molar-refractivity contribution is -0.157. The first-order chi connectivity index (χ1) is 32.3. The third-order valence-electron chi connectivity index (χ3n) is 11.2. The van der Waals surface area contributed by atoms with Crippen molar-refractivity contribution in [1.82, 2.24) is 21.3 Å². The minimum atomic E-state index is -1.49. The van der Waals surface area contributed by atoms with E-state index in [4.69, 9.17) is 25.4 Å². The molecule has 0 saturated carbocycles. The van der Waals surface area contributed by atoms with Gasteiger partial charge in [0.2, 0.25) is 17.7 Å². The Labute approximate surface area is 405 Å². The molecular formula is C49H89N5O12S. The van der Waals surface area contributed by atoms with E-state index < -0.39 is 73.4 Å². The number of hydrogen-bond acceptors (Lipinski definition) is 12. The average Bonchev–Trinajstić information content (AvgIpc) is 3.29. The van der Waals surface area contributed by atoms with Gasteiger partial charge in [0.1, 0.15) is 18.8 Å². The molecule has 0 aliphatic carbocycles. The van der Waals surface area contributed by atoms with Crippen molar-refractivity contribution in [3.8, 4) is 0 Å². The van der Waals surface area contributed by atoms with Crippen molar-refractivity contribution in [3.05, 3.63) is 0 Å². The van der Waals surface area contributed by atoms with Crippen LogP contribution in [0.4, 0.5) is 0 Å². The lowest BCUT2D eigenvalue weighted by atomic mass is 10.0. The van der Waals surface area contributed by atoms with Crippen LogP contribution in [0.25, 0.3) is 0 Å². The highest BCUT2D eigenvalue weighted by atomic mass is 32.2. The van der Waals surface area contributed by atoms with Crippen LogP contribution >= 0.6 is 11.8 Å². The average molecular weight is 972 g/mol. The number of carbonyl (C=O) groups is 8. The van der Waals surface area contributed by atoms with E-state index in [1.54, 1.807) is 0 Å². The first-order valence-electron chi connectivity index (χ1n) is 25.5. The molecule has 8 N–H and O–H groups in total. The van der Waals surface area contributed by atoms with Gasteiger partial charge in [0.05, 0.1) is 13.1 Å². The predicted molar refractivity (Wildman–Crippen MR) is 262 cm³/mol. The van der Waals surface area contributed by atoms with Crippen molar-refractivity contribution in [2.45, 2.75) is 231 Å². The zero-order valence-corrected chi connectivity index (χ0v) is 42.0. The van der Waals surface area contributed by atoms with E-state index in [0.29, 0.717) is 6.42 Å². The maximum absolute atomic E-state index is 12.8. The van der Waals surface area contributed by atoms with Crippen LogP contribution in [-0.4, -0.2) is 107 Å². The molecule has 0 heterocycles. The summed E-state index contributed by atoms with van der Waals surface area (Å²) in [6.45, 7) is 3.15. The molecule has 0 bridgehead atoms. The van der Waals surface area contributed by atoms with Gasteiger partial charge in [-0.3, -0.25) is 33.6 Å². The molecule has 0 aromatic rings. The molecule has 0 rings (SSSR count). The van der Waals surface area contributed by atoms with Crippen LogP contribution in [0, 0.1) is 0 Å². The van der Waals surface area contributed by atoms with Gasteiger partial charge >= 0.3 is 23.9 Å². The van der Waals surface area contributed by atoms with Gasteiger partial charge in [0.15, 0.2) is 6.17 Å². The molecule has 17 nitrogen and oxygen atoms in total. The van der Waals surface area contributed by atoms with Gasteiger partial charge in [0, 0.05) is 37.2 Å². The second-order valence-electron chi connectivity index (χ2n) is 17.5. The third kappa shape index (κ3) is 41.9. The van der Waals surface area contributed by atoms with Crippen LogP contribution in [0.5, 0.6) is 0 Å². The molecule has 67 heavy (non-hydrogen) atoms. The molecule has 0 radical (unpaired) electrons. The van der Waals surface area contributed by atoms with Crippen molar-refractivity contribution in [2.75, 3.05) is 31.2 Å². The Bertz CT molecular complexity index is 1370. The van der Waals surface area contributed by atoms with E-state index in [2.05, 4.69) is 35.1 Å².